The van der Waals surface area contributed by atoms with E-state index in [1.807, 2.05) is 6.07 Å². The molecule has 1 aliphatic rings. The molecule has 25 heavy (non-hydrogen) atoms. The lowest BCUT2D eigenvalue weighted by atomic mass is 10.3. The molecule has 5 amide bonds. The van der Waals surface area contributed by atoms with Gasteiger partial charge < -0.3 is 20.7 Å². The van der Waals surface area contributed by atoms with Crippen LogP contribution >= 0.6 is 0 Å². The standard InChI is InChI=1S/C16H20N4O5/c1-10(18-15(23)19-12-6-4-3-5-7-12)14(22)25-11(2)13(21)20-9-8-17-16(20)24/h3-7,10-11H,8-9H2,1-2H3,(H,17,24)(H2,18,19,23)/t10-,11+/m0/s1. The number of hydrogen-bond donors (Lipinski definition) is 3. The lowest BCUT2D eigenvalue weighted by Crippen LogP contribution is -2.46. The molecule has 0 saturated carbocycles. The lowest BCUT2D eigenvalue weighted by molar-refractivity contribution is -0.158. The smallest absolute Gasteiger partial charge is 0.329 e. The summed E-state index contributed by atoms with van der Waals surface area (Å²) < 4.78 is 5.03. The Labute approximate surface area is 144 Å². The van der Waals surface area contributed by atoms with Gasteiger partial charge in [-0.25, -0.2) is 14.4 Å². The van der Waals surface area contributed by atoms with Crippen LogP contribution in [0.1, 0.15) is 13.8 Å². The van der Waals surface area contributed by atoms with E-state index in [1.54, 1.807) is 24.3 Å². The van der Waals surface area contributed by atoms with Gasteiger partial charge in [0, 0.05) is 18.8 Å². The molecule has 0 bridgehead atoms. The summed E-state index contributed by atoms with van der Waals surface area (Å²) in [5, 5.41) is 7.48. The van der Waals surface area contributed by atoms with Crippen molar-refractivity contribution >= 4 is 29.6 Å². The van der Waals surface area contributed by atoms with E-state index in [2.05, 4.69) is 16.0 Å². The molecule has 1 fully saturated rings. The second kappa shape index (κ2) is 8.13. The van der Waals surface area contributed by atoms with E-state index in [1.165, 1.54) is 13.8 Å². The number of benzene rings is 1. The highest BCUT2D eigenvalue weighted by atomic mass is 16.5. The highest BCUT2D eigenvalue weighted by molar-refractivity contribution is 5.99. The Kier molecular flexibility index (Phi) is 5.93. The third-order valence-corrected chi connectivity index (χ3v) is 3.50. The highest BCUT2D eigenvalue weighted by Crippen LogP contribution is 2.06. The Morgan fingerprint density at radius 3 is 2.48 bits per heavy atom. The molecule has 9 nitrogen and oxygen atoms in total. The second-order valence-electron chi connectivity index (χ2n) is 5.49. The highest BCUT2D eigenvalue weighted by Gasteiger charge is 2.32. The van der Waals surface area contributed by atoms with Gasteiger partial charge in [0.25, 0.3) is 5.91 Å². The summed E-state index contributed by atoms with van der Waals surface area (Å²) >= 11 is 0. The maximum atomic E-state index is 12.1. The van der Waals surface area contributed by atoms with Gasteiger partial charge in [-0.05, 0) is 26.0 Å². The molecule has 1 aromatic rings. The molecule has 1 aromatic carbocycles. The van der Waals surface area contributed by atoms with Gasteiger partial charge in [0.1, 0.15) is 6.04 Å². The molecule has 1 saturated heterocycles. The first-order valence-electron chi connectivity index (χ1n) is 7.80. The molecule has 0 radical (unpaired) electrons. The van der Waals surface area contributed by atoms with Crippen LogP contribution < -0.4 is 16.0 Å². The summed E-state index contributed by atoms with van der Waals surface area (Å²) in [6, 6.07) is 6.67. The normalized spacial score (nSPS) is 15.8. The average molecular weight is 348 g/mol. The van der Waals surface area contributed by atoms with Crippen LogP contribution in [-0.2, 0) is 14.3 Å². The van der Waals surface area contributed by atoms with E-state index in [-0.39, 0.29) is 6.54 Å². The minimum absolute atomic E-state index is 0.229. The molecule has 1 aliphatic heterocycles. The first kappa shape index (κ1) is 18.2. The molecule has 0 aliphatic carbocycles. The Hall–Kier alpha value is -3.10. The fourth-order valence-corrected chi connectivity index (χ4v) is 2.17. The van der Waals surface area contributed by atoms with Crippen LogP contribution in [0.5, 0.6) is 0 Å². The van der Waals surface area contributed by atoms with Crippen molar-refractivity contribution in [3.8, 4) is 0 Å². The van der Waals surface area contributed by atoms with E-state index in [9.17, 15) is 19.2 Å². The molecule has 0 spiro atoms. The molecule has 1 heterocycles. The molecular formula is C16H20N4O5. The van der Waals surface area contributed by atoms with Crippen LogP contribution in [0.2, 0.25) is 0 Å². The zero-order valence-corrected chi connectivity index (χ0v) is 13.9. The second-order valence-corrected chi connectivity index (χ2v) is 5.49. The summed E-state index contributed by atoms with van der Waals surface area (Å²) in [5.74, 6) is -1.38. The van der Waals surface area contributed by atoms with Gasteiger partial charge in [0.05, 0.1) is 0 Å². The van der Waals surface area contributed by atoms with Crippen LogP contribution in [0, 0.1) is 0 Å². The molecular weight excluding hydrogens is 328 g/mol. The number of anilines is 1. The summed E-state index contributed by atoms with van der Waals surface area (Å²) in [6.07, 6.45) is -1.13. The van der Waals surface area contributed by atoms with Gasteiger partial charge in [0.15, 0.2) is 6.10 Å². The Morgan fingerprint density at radius 2 is 1.88 bits per heavy atom. The minimum atomic E-state index is -1.13. The molecule has 0 aromatic heterocycles. The first-order valence-corrected chi connectivity index (χ1v) is 7.80. The maximum absolute atomic E-state index is 12.1. The fraction of sp³-hybridized carbons (Fsp3) is 0.375. The summed E-state index contributed by atoms with van der Waals surface area (Å²) in [5.41, 5.74) is 0.573. The van der Waals surface area contributed by atoms with Gasteiger partial charge >= 0.3 is 18.0 Å². The average Bonchev–Trinajstić information content (AvgIpc) is 3.00. The number of nitrogens with one attached hydrogen (secondary N) is 3. The van der Waals surface area contributed by atoms with Crippen molar-refractivity contribution in [1.82, 2.24) is 15.5 Å². The third kappa shape index (κ3) is 4.93. The van der Waals surface area contributed by atoms with Gasteiger partial charge in [-0.3, -0.25) is 9.69 Å². The van der Waals surface area contributed by atoms with Crippen molar-refractivity contribution in [1.29, 1.82) is 0 Å². The predicted molar refractivity (Wildman–Crippen MR) is 88.7 cm³/mol. The van der Waals surface area contributed by atoms with Crippen LogP contribution in [-0.4, -0.2) is 54.1 Å². The molecule has 0 unspecified atom stereocenters. The SMILES string of the molecule is C[C@H](NC(=O)Nc1ccccc1)C(=O)O[C@H](C)C(=O)N1CCNC1=O. The first-order chi connectivity index (χ1) is 11.9. The van der Waals surface area contributed by atoms with E-state index in [0.29, 0.717) is 12.2 Å². The topological polar surface area (TPSA) is 117 Å². The van der Waals surface area contributed by atoms with E-state index >= 15 is 0 Å². The number of urea groups is 2. The van der Waals surface area contributed by atoms with Crippen LogP contribution in [0.4, 0.5) is 15.3 Å². The number of carbonyl (C=O) groups excluding carboxylic acids is 4. The van der Waals surface area contributed by atoms with Crippen molar-refractivity contribution in [2.75, 3.05) is 18.4 Å². The van der Waals surface area contributed by atoms with Crippen molar-refractivity contribution in [3.63, 3.8) is 0 Å². The predicted octanol–water partition coefficient (Wildman–Crippen LogP) is 0.680. The number of esters is 1. The number of imide groups is 1. The van der Waals surface area contributed by atoms with E-state index in [4.69, 9.17) is 4.74 Å². The summed E-state index contributed by atoms with van der Waals surface area (Å²) in [6.45, 7) is 3.41. The number of rotatable bonds is 5. The van der Waals surface area contributed by atoms with Gasteiger partial charge in [-0.2, -0.15) is 0 Å². The van der Waals surface area contributed by atoms with Crippen molar-refractivity contribution < 1.29 is 23.9 Å². The molecule has 2 atom stereocenters. The monoisotopic (exact) mass is 348 g/mol. The summed E-state index contributed by atoms with van der Waals surface area (Å²) in [7, 11) is 0. The number of nitrogens with zero attached hydrogens (tertiary/aromatic N) is 1. The lowest BCUT2D eigenvalue weighted by Gasteiger charge is -2.20. The Morgan fingerprint density at radius 1 is 1.20 bits per heavy atom. The van der Waals surface area contributed by atoms with Gasteiger partial charge in [-0.1, -0.05) is 18.2 Å². The maximum Gasteiger partial charge on any atom is 0.329 e. The van der Waals surface area contributed by atoms with Crippen LogP contribution in [0.15, 0.2) is 30.3 Å². The Bertz CT molecular complexity index is 664. The minimum Gasteiger partial charge on any atom is -0.451 e. The van der Waals surface area contributed by atoms with Crippen LogP contribution in [0.3, 0.4) is 0 Å². The molecule has 134 valence electrons. The largest absolute Gasteiger partial charge is 0.451 e. The number of ether oxygens (including phenoxy) is 1. The van der Waals surface area contributed by atoms with Gasteiger partial charge in [0.2, 0.25) is 0 Å². The van der Waals surface area contributed by atoms with Crippen LogP contribution in [0.25, 0.3) is 0 Å². The zero-order chi connectivity index (χ0) is 18.4. The summed E-state index contributed by atoms with van der Waals surface area (Å²) in [4.78, 5) is 48.3. The fourth-order valence-electron chi connectivity index (χ4n) is 2.17. The number of hydrogen-bond acceptors (Lipinski definition) is 5. The quantitative estimate of drug-likeness (QED) is 0.677. The number of amides is 5. The third-order valence-electron chi connectivity index (χ3n) is 3.50. The zero-order valence-electron chi connectivity index (χ0n) is 13.9. The van der Waals surface area contributed by atoms with Crippen molar-refractivity contribution in [2.45, 2.75) is 26.0 Å². The van der Waals surface area contributed by atoms with Crippen molar-refractivity contribution in [3.05, 3.63) is 30.3 Å². The van der Waals surface area contributed by atoms with E-state index < -0.39 is 36.1 Å². The molecule has 2 rings (SSSR count). The number of carbonyl (C=O) groups is 4. The molecule has 9 heteroatoms. The van der Waals surface area contributed by atoms with Crippen molar-refractivity contribution in [2.24, 2.45) is 0 Å². The van der Waals surface area contributed by atoms with E-state index in [0.717, 1.165) is 4.90 Å². The van der Waals surface area contributed by atoms with Gasteiger partial charge in [-0.15, -0.1) is 0 Å². The Balaban J connectivity index is 1.82. The molecule has 3 N–H and O–H groups in total. The number of para-hydroxylation sites is 1.